The largest absolute Gasteiger partial charge is 0.489 e. The molecule has 0 heterocycles. The van der Waals surface area contributed by atoms with Gasteiger partial charge in [0.1, 0.15) is 35.9 Å². The van der Waals surface area contributed by atoms with Crippen molar-refractivity contribution < 1.29 is 38.6 Å². The van der Waals surface area contributed by atoms with Crippen molar-refractivity contribution in [3.63, 3.8) is 0 Å². The second kappa shape index (κ2) is 24.3. The molecule has 63 heavy (non-hydrogen) atoms. The first kappa shape index (κ1) is 49.2. The van der Waals surface area contributed by atoms with Crippen LogP contribution in [0.2, 0.25) is 0 Å². The summed E-state index contributed by atoms with van der Waals surface area (Å²) in [5, 5.41) is 17.2. The second-order valence-corrected chi connectivity index (χ2v) is 17.0. The summed E-state index contributed by atoms with van der Waals surface area (Å²) in [6, 6.07) is 50.9. The molecular formula is C54H61BO8. The molecule has 0 bridgehead atoms. The van der Waals surface area contributed by atoms with Crippen molar-refractivity contribution in [1.29, 1.82) is 0 Å². The molecule has 0 aliphatic rings. The number of esters is 2. The van der Waals surface area contributed by atoms with Crippen molar-refractivity contribution >= 4 is 30.6 Å². The number of hydrogen-bond donors (Lipinski definition) is 2. The number of rotatable bonds is 13. The molecule has 328 valence electrons. The molecule has 2 N–H and O–H groups in total. The standard InChI is InChI=1S/C27H30O3.C21H24O3.C6H7BO2/c1-20-15-16-25(29-19-21-11-7-5-8-12-21)24(17-20)23(22-13-9-6-10-14-22)18-26(28)30-27(2,3)4;1-16-10-12-19(23-15-17-8-6-5-7-9-17)18(14-16)11-13-20(22)24-21(2,3)4;8-7(9)6-4-2-1-3-5-6/h5-17,23H,18-19H2,1-4H3;5-14H,15H2,1-4H3;1-5,8-9H/b;13-11+;/t23-;;/m0../s1. The summed E-state index contributed by atoms with van der Waals surface area (Å²) in [6.45, 7) is 16.2. The lowest BCUT2D eigenvalue weighted by molar-refractivity contribution is -0.155. The molecule has 0 aliphatic heterocycles. The minimum absolute atomic E-state index is 0.147. The number of carbonyl (C=O) groups excluding carboxylic acids is 2. The summed E-state index contributed by atoms with van der Waals surface area (Å²) in [5.41, 5.74) is 6.87. The van der Waals surface area contributed by atoms with Gasteiger partial charge in [-0.2, -0.15) is 0 Å². The van der Waals surface area contributed by atoms with Crippen LogP contribution in [0, 0.1) is 13.8 Å². The molecule has 0 saturated heterocycles. The van der Waals surface area contributed by atoms with Crippen LogP contribution in [-0.2, 0) is 32.3 Å². The molecule has 0 spiro atoms. The highest BCUT2D eigenvalue weighted by Gasteiger charge is 2.25. The van der Waals surface area contributed by atoms with Gasteiger partial charge >= 0.3 is 19.1 Å². The first-order valence-electron chi connectivity index (χ1n) is 21.1. The van der Waals surface area contributed by atoms with E-state index in [1.807, 2.05) is 164 Å². The molecule has 0 aliphatic carbocycles. The summed E-state index contributed by atoms with van der Waals surface area (Å²) >= 11 is 0. The Kier molecular flexibility index (Phi) is 19.0. The van der Waals surface area contributed by atoms with Gasteiger partial charge < -0.3 is 29.0 Å². The number of carbonyl (C=O) groups is 2. The lowest BCUT2D eigenvalue weighted by Crippen LogP contribution is -2.29. The number of ether oxygens (including phenoxy) is 4. The molecule has 8 nitrogen and oxygen atoms in total. The summed E-state index contributed by atoms with van der Waals surface area (Å²) in [5.74, 6) is 0.808. The van der Waals surface area contributed by atoms with Gasteiger partial charge in [0.05, 0.1) is 6.42 Å². The zero-order chi connectivity index (χ0) is 45.8. The van der Waals surface area contributed by atoms with Gasteiger partial charge in [-0.05, 0) is 102 Å². The zero-order valence-electron chi connectivity index (χ0n) is 37.8. The van der Waals surface area contributed by atoms with Crippen molar-refractivity contribution in [3.8, 4) is 11.5 Å². The van der Waals surface area contributed by atoms with E-state index in [0.29, 0.717) is 18.7 Å². The quantitative estimate of drug-likeness (QED) is 0.0671. The molecule has 0 amide bonds. The summed E-state index contributed by atoms with van der Waals surface area (Å²) in [7, 11) is -1.34. The number of aryl methyl sites for hydroxylation is 2. The zero-order valence-corrected chi connectivity index (χ0v) is 37.8. The third-order valence-electron chi connectivity index (χ3n) is 9.08. The Bertz CT molecular complexity index is 2320. The fourth-order valence-corrected chi connectivity index (χ4v) is 6.23. The van der Waals surface area contributed by atoms with Crippen LogP contribution in [0.4, 0.5) is 0 Å². The fraction of sp³-hybridized carbons (Fsp3) is 0.259. The molecular weight excluding hydrogens is 787 g/mol. The van der Waals surface area contributed by atoms with Crippen molar-refractivity contribution in [1.82, 2.24) is 0 Å². The number of benzene rings is 6. The lowest BCUT2D eigenvalue weighted by atomic mass is 9.81. The Balaban J connectivity index is 0.000000235. The van der Waals surface area contributed by atoms with E-state index in [0.717, 1.165) is 50.4 Å². The van der Waals surface area contributed by atoms with Crippen LogP contribution < -0.4 is 14.9 Å². The van der Waals surface area contributed by atoms with E-state index in [4.69, 9.17) is 29.0 Å². The molecule has 6 rings (SSSR count). The normalized spacial score (nSPS) is 11.5. The Hall–Kier alpha value is -6.42. The van der Waals surface area contributed by atoms with Crippen molar-refractivity contribution in [2.75, 3.05) is 0 Å². The van der Waals surface area contributed by atoms with E-state index in [1.54, 1.807) is 30.3 Å². The first-order valence-corrected chi connectivity index (χ1v) is 21.1. The van der Waals surface area contributed by atoms with Crippen LogP contribution in [0.15, 0.2) is 164 Å². The van der Waals surface area contributed by atoms with Gasteiger partial charge in [0.15, 0.2) is 0 Å². The molecule has 0 fully saturated rings. The lowest BCUT2D eigenvalue weighted by Gasteiger charge is -2.24. The Morgan fingerprint density at radius 3 is 1.54 bits per heavy atom. The third-order valence-corrected chi connectivity index (χ3v) is 9.08. The van der Waals surface area contributed by atoms with Crippen LogP contribution in [0.25, 0.3) is 6.08 Å². The Labute approximate surface area is 374 Å². The molecule has 1 atom stereocenters. The SMILES string of the molecule is Cc1ccc(OCc2ccccc2)c(/C=C/C(=O)OC(C)(C)C)c1.Cc1ccc(OCc2ccccc2)c([C@@H](CC(=O)OC(C)(C)C)c2ccccc2)c1.OB(O)c1ccccc1. The van der Waals surface area contributed by atoms with Gasteiger partial charge in [-0.25, -0.2) is 4.79 Å². The van der Waals surface area contributed by atoms with E-state index in [2.05, 4.69) is 25.1 Å². The van der Waals surface area contributed by atoms with Crippen LogP contribution in [0.3, 0.4) is 0 Å². The minimum atomic E-state index is -1.34. The maximum Gasteiger partial charge on any atom is 0.488 e. The second-order valence-electron chi connectivity index (χ2n) is 17.0. The van der Waals surface area contributed by atoms with Crippen LogP contribution >= 0.6 is 0 Å². The first-order chi connectivity index (χ1) is 30.0. The van der Waals surface area contributed by atoms with Crippen LogP contribution in [-0.4, -0.2) is 40.3 Å². The maximum atomic E-state index is 12.7. The summed E-state index contributed by atoms with van der Waals surface area (Å²) in [6.07, 6.45) is 3.43. The average Bonchev–Trinajstić information content (AvgIpc) is 3.24. The molecule has 0 aromatic heterocycles. The minimum Gasteiger partial charge on any atom is -0.489 e. The van der Waals surface area contributed by atoms with E-state index >= 15 is 0 Å². The monoisotopic (exact) mass is 848 g/mol. The molecule has 0 unspecified atom stereocenters. The van der Waals surface area contributed by atoms with Gasteiger partial charge in [-0.15, -0.1) is 0 Å². The van der Waals surface area contributed by atoms with E-state index in [9.17, 15) is 9.59 Å². The average molecular weight is 849 g/mol. The van der Waals surface area contributed by atoms with E-state index in [-0.39, 0.29) is 24.3 Å². The highest BCUT2D eigenvalue weighted by Crippen LogP contribution is 2.36. The van der Waals surface area contributed by atoms with Crippen LogP contribution in [0.1, 0.15) is 92.8 Å². The molecule has 0 saturated carbocycles. The maximum absolute atomic E-state index is 12.7. The van der Waals surface area contributed by atoms with Gasteiger partial charge in [-0.1, -0.05) is 151 Å². The van der Waals surface area contributed by atoms with Crippen molar-refractivity contribution in [2.24, 2.45) is 0 Å². The molecule has 0 radical (unpaired) electrons. The van der Waals surface area contributed by atoms with E-state index in [1.165, 1.54) is 6.08 Å². The highest BCUT2D eigenvalue weighted by atomic mass is 16.6. The van der Waals surface area contributed by atoms with Gasteiger partial charge in [0.2, 0.25) is 0 Å². The summed E-state index contributed by atoms with van der Waals surface area (Å²) < 4.78 is 23.0. The van der Waals surface area contributed by atoms with Gasteiger partial charge in [0, 0.05) is 23.1 Å². The highest BCUT2D eigenvalue weighted by molar-refractivity contribution is 6.58. The van der Waals surface area contributed by atoms with Gasteiger partial charge in [0.25, 0.3) is 0 Å². The Morgan fingerprint density at radius 1 is 0.587 bits per heavy atom. The third kappa shape index (κ3) is 18.6. The fourth-order valence-electron chi connectivity index (χ4n) is 6.23. The predicted octanol–water partition coefficient (Wildman–Crippen LogP) is 10.7. The topological polar surface area (TPSA) is 112 Å². The molecule has 6 aromatic rings. The predicted molar refractivity (Wildman–Crippen MR) is 254 cm³/mol. The van der Waals surface area contributed by atoms with E-state index < -0.39 is 18.3 Å². The van der Waals surface area contributed by atoms with Gasteiger partial charge in [-0.3, -0.25) is 4.79 Å². The molecule has 9 heteroatoms. The van der Waals surface area contributed by atoms with Crippen LogP contribution in [0.5, 0.6) is 11.5 Å². The summed E-state index contributed by atoms with van der Waals surface area (Å²) in [4.78, 5) is 24.6. The van der Waals surface area contributed by atoms with Crippen molar-refractivity contribution in [3.05, 3.63) is 203 Å². The van der Waals surface area contributed by atoms with Crippen molar-refractivity contribution in [2.45, 2.75) is 92.1 Å². The number of hydrogen-bond acceptors (Lipinski definition) is 8. The Morgan fingerprint density at radius 2 is 1.05 bits per heavy atom. The smallest absolute Gasteiger partial charge is 0.488 e. The molecule has 6 aromatic carbocycles.